The van der Waals surface area contributed by atoms with Gasteiger partial charge in [-0.1, -0.05) is 17.0 Å². The molecule has 2 atom stereocenters. The SMILES string of the molecule is Bc1cc(B)c2nc(C)n(C3(B)C(=O)NC(=O)CC3B)c(=O)c2c1N. The number of carbonyl (C=O) groups is 2. The largest absolute Gasteiger partial charge is 0.398 e. The summed E-state index contributed by atoms with van der Waals surface area (Å²) in [5, 5.41) is 2.66. The number of aryl methyl sites for hydroxylation is 1. The molecule has 1 aliphatic heterocycles. The van der Waals surface area contributed by atoms with Crippen molar-refractivity contribution in [3.63, 3.8) is 0 Å². The van der Waals surface area contributed by atoms with Crippen LogP contribution in [0, 0.1) is 6.92 Å². The van der Waals surface area contributed by atoms with E-state index < -0.39 is 11.3 Å². The molecular weight excluding hydrogens is 315 g/mol. The highest BCUT2D eigenvalue weighted by Gasteiger charge is 2.47. The minimum atomic E-state index is -1.21. The number of benzene rings is 1. The Bertz CT molecular complexity index is 1010. The molecule has 3 N–H and O–H groups in total. The van der Waals surface area contributed by atoms with Gasteiger partial charge in [-0.2, -0.15) is 0 Å². The number of imide groups is 1. The van der Waals surface area contributed by atoms with Gasteiger partial charge in [0.2, 0.25) is 11.8 Å². The standard InChI is InChI=1S/C14H18B4N4O3/c1-4-20-11-6(16)2-5(15)10(19)9(11)12(24)22(4)14(18)7(17)3-8(23)21-13(14)25/h2,7H,3,15-19H2,1H3,(H,21,23,25). The maximum atomic E-state index is 13.3. The number of nitrogens with zero attached hydrogens (tertiary/aromatic N) is 2. The molecule has 1 aliphatic rings. The number of piperidine rings is 1. The first kappa shape index (κ1) is 17.4. The molecule has 0 aliphatic carbocycles. The summed E-state index contributed by atoms with van der Waals surface area (Å²) in [5.74, 6) is -0.759. The lowest BCUT2D eigenvalue weighted by molar-refractivity contribution is -0.137. The minimum absolute atomic E-state index is 0.161. The third-order valence-electron chi connectivity index (χ3n) is 5.38. The van der Waals surface area contributed by atoms with Crippen molar-refractivity contribution in [2.75, 3.05) is 5.73 Å². The number of fused-ring (bicyclic) bond motifs is 1. The van der Waals surface area contributed by atoms with Gasteiger partial charge in [0, 0.05) is 12.1 Å². The first-order valence-corrected chi connectivity index (χ1v) is 8.22. The van der Waals surface area contributed by atoms with Gasteiger partial charge in [-0.15, -0.1) is 0 Å². The average molecular weight is 334 g/mol. The molecule has 3 rings (SSSR count). The van der Waals surface area contributed by atoms with Crippen molar-refractivity contribution in [2.24, 2.45) is 0 Å². The van der Waals surface area contributed by atoms with Crippen molar-refractivity contribution in [1.82, 2.24) is 14.9 Å². The number of nitrogens with one attached hydrogen (secondary N) is 1. The van der Waals surface area contributed by atoms with Crippen LogP contribution in [0.1, 0.15) is 12.2 Å². The average Bonchev–Trinajstić information content (AvgIpc) is 2.50. The second-order valence-electron chi connectivity index (χ2n) is 7.08. The zero-order chi connectivity index (χ0) is 18.7. The van der Waals surface area contributed by atoms with Crippen LogP contribution in [0.3, 0.4) is 0 Å². The van der Waals surface area contributed by atoms with Gasteiger partial charge >= 0.3 is 0 Å². The van der Waals surface area contributed by atoms with E-state index in [4.69, 9.17) is 5.73 Å². The molecule has 2 heterocycles. The monoisotopic (exact) mass is 334 g/mol. The Hall–Kier alpha value is -2.44. The number of rotatable bonds is 1. The van der Waals surface area contributed by atoms with Crippen LogP contribution in [0.2, 0.25) is 5.82 Å². The minimum Gasteiger partial charge on any atom is -0.398 e. The molecular formula is C14H18B4N4O3. The number of nitrogens with two attached hydrogens (primary N) is 1. The molecule has 2 aromatic rings. The van der Waals surface area contributed by atoms with E-state index in [2.05, 4.69) is 10.3 Å². The lowest BCUT2D eigenvalue weighted by atomic mass is 9.56. The second-order valence-corrected chi connectivity index (χ2v) is 7.08. The molecule has 0 saturated carbocycles. The van der Waals surface area contributed by atoms with Crippen LogP contribution in [0.25, 0.3) is 10.9 Å². The number of hydrogen-bond acceptors (Lipinski definition) is 5. The number of carbonyl (C=O) groups excluding carboxylic acids is 2. The maximum Gasteiger partial charge on any atom is 0.263 e. The summed E-state index contributed by atoms with van der Waals surface area (Å²) >= 11 is 0. The molecule has 1 aromatic heterocycles. The molecule has 0 radical (unpaired) electrons. The van der Waals surface area contributed by atoms with Gasteiger partial charge in [-0.05, 0) is 12.7 Å². The van der Waals surface area contributed by atoms with Crippen molar-refractivity contribution in [1.29, 1.82) is 0 Å². The lowest BCUT2D eigenvalue weighted by Crippen LogP contribution is -2.61. The van der Waals surface area contributed by atoms with E-state index in [9.17, 15) is 14.4 Å². The summed E-state index contributed by atoms with van der Waals surface area (Å²) < 4.78 is 1.39. The fourth-order valence-electron chi connectivity index (χ4n) is 3.70. The van der Waals surface area contributed by atoms with Crippen LogP contribution in [0.4, 0.5) is 5.69 Å². The van der Waals surface area contributed by atoms with Crippen LogP contribution in [-0.2, 0) is 15.0 Å². The maximum absolute atomic E-state index is 13.3. The van der Waals surface area contributed by atoms with E-state index in [0.717, 1.165) is 10.9 Å². The highest BCUT2D eigenvalue weighted by Crippen LogP contribution is 2.32. The van der Waals surface area contributed by atoms with Crippen LogP contribution in [0.5, 0.6) is 0 Å². The first-order valence-electron chi connectivity index (χ1n) is 8.22. The molecule has 0 spiro atoms. The van der Waals surface area contributed by atoms with Crippen molar-refractivity contribution in [2.45, 2.75) is 24.6 Å². The zero-order valence-electron chi connectivity index (χ0n) is 15.1. The topological polar surface area (TPSA) is 107 Å². The van der Waals surface area contributed by atoms with Crippen LogP contribution in [-0.4, -0.2) is 52.8 Å². The summed E-state index contributed by atoms with van der Waals surface area (Å²) in [6.07, 6.45) is 0.161. The Kier molecular flexibility index (Phi) is 3.85. The third kappa shape index (κ3) is 2.33. The summed E-state index contributed by atoms with van der Waals surface area (Å²) in [6, 6.07) is 1.89. The van der Waals surface area contributed by atoms with Gasteiger partial charge in [0.05, 0.1) is 16.3 Å². The highest BCUT2D eigenvalue weighted by atomic mass is 16.2. The Balaban J connectivity index is 2.42. The highest BCUT2D eigenvalue weighted by molar-refractivity contribution is 6.45. The Labute approximate surface area is 148 Å². The summed E-state index contributed by atoms with van der Waals surface area (Å²) in [6.45, 7) is 1.69. The smallest absolute Gasteiger partial charge is 0.263 e. The summed E-state index contributed by atoms with van der Waals surface area (Å²) in [4.78, 5) is 42.2. The van der Waals surface area contributed by atoms with Crippen LogP contribution < -0.4 is 27.5 Å². The second kappa shape index (κ2) is 5.54. The Morgan fingerprint density at radius 3 is 2.56 bits per heavy atom. The summed E-state index contributed by atoms with van der Waals surface area (Å²) in [5.41, 5.74) is 7.17. The fraction of sp³-hybridized carbons (Fsp3) is 0.286. The third-order valence-corrected chi connectivity index (χ3v) is 5.38. The Morgan fingerprint density at radius 1 is 1.32 bits per heavy atom. The van der Waals surface area contributed by atoms with Gasteiger partial charge in [-0.3, -0.25) is 24.3 Å². The molecule has 1 aromatic carbocycles. The predicted molar refractivity (Wildman–Crippen MR) is 108 cm³/mol. The zero-order valence-corrected chi connectivity index (χ0v) is 15.1. The van der Waals surface area contributed by atoms with Gasteiger partial charge < -0.3 is 5.73 Å². The van der Waals surface area contributed by atoms with Gasteiger partial charge in [0.25, 0.3) is 5.56 Å². The Morgan fingerprint density at radius 2 is 1.96 bits per heavy atom. The molecule has 2 unspecified atom stereocenters. The number of nitrogen functional groups attached to an aromatic ring is 1. The normalized spacial score (nSPS) is 23.6. The predicted octanol–water partition coefficient (Wildman–Crippen LogP) is -5.44. The van der Waals surface area contributed by atoms with Crippen molar-refractivity contribution in [3.05, 3.63) is 22.2 Å². The van der Waals surface area contributed by atoms with E-state index >= 15 is 0 Å². The molecule has 25 heavy (non-hydrogen) atoms. The first-order chi connectivity index (χ1) is 11.6. The van der Waals surface area contributed by atoms with E-state index in [0.29, 0.717) is 22.4 Å². The van der Waals surface area contributed by atoms with Gasteiger partial charge in [0.15, 0.2) is 0 Å². The number of hydrogen-bond donors (Lipinski definition) is 2. The van der Waals surface area contributed by atoms with E-state index in [1.807, 2.05) is 21.8 Å². The fourth-order valence-corrected chi connectivity index (χ4v) is 3.70. The molecule has 0 bridgehead atoms. The molecule has 7 nitrogen and oxygen atoms in total. The number of aromatic nitrogens is 2. The van der Waals surface area contributed by atoms with Crippen molar-refractivity contribution < 1.29 is 9.59 Å². The molecule has 2 amide bonds. The van der Waals surface area contributed by atoms with Gasteiger partial charge in [0.1, 0.15) is 37.2 Å². The van der Waals surface area contributed by atoms with E-state index in [1.165, 1.54) is 4.57 Å². The van der Waals surface area contributed by atoms with Gasteiger partial charge in [-0.25, -0.2) is 4.98 Å². The van der Waals surface area contributed by atoms with Crippen LogP contribution >= 0.6 is 0 Å². The van der Waals surface area contributed by atoms with Crippen molar-refractivity contribution in [3.8, 4) is 0 Å². The van der Waals surface area contributed by atoms with E-state index in [-0.39, 0.29) is 23.7 Å². The lowest BCUT2D eigenvalue weighted by Gasteiger charge is -2.40. The number of amides is 2. The molecule has 1 saturated heterocycles. The molecule has 11 heteroatoms. The molecule has 124 valence electrons. The summed E-state index contributed by atoms with van der Waals surface area (Å²) in [7, 11) is 7.17. The quantitative estimate of drug-likeness (QED) is 0.308. The number of anilines is 1. The molecule has 1 fully saturated rings. The van der Waals surface area contributed by atoms with E-state index in [1.54, 1.807) is 22.6 Å². The van der Waals surface area contributed by atoms with Crippen LogP contribution in [0.15, 0.2) is 10.9 Å². The van der Waals surface area contributed by atoms with Crippen molar-refractivity contribution >= 4 is 70.7 Å².